The van der Waals surface area contributed by atoms with Gasteiger partial charge in [-0.2, -0.15) is 0 Å². The van der Waals surface area contributed by atoms with Gasteiger partial charge >= 0.3 is 6.09 Å². The maximum atomic E-state index is 13.2. The molecule has 6 heteroatoms. The van der Waals surface area contributed by atoms with E-state index >= 15 is 0 Å². The lowest BCUT2D eigenvalue weighted by molar-refractivity contribution is 0.197. The van der Waals surface area contributed by atoms with Gasteiger partial charge in [0, 0.05) is 19.4 Å². The van der Waals surface area contributed by atoms with E-state index in [-0.39, 0.29) is 5.82 Å². The fraction of sp³-hybridized carbons (Fsp3) is 0.111. The number of para-hydroxylation sites is 1. The lowest BCUT2D eigenvalue weighted by Gasteiger charge is -2.19. The molecule has 1 unspecified atom stereocenters. The number of rotatable bonds is 4. The predicted octanol–water partition coefficient (Wildman–Crippen LogP) is 3.44. The number of carbonyl (C=O) groups excluding carboxylic acids is 1. The first-order valence-corrected chi connectivity index (χ1v) is 7.39. The minimum absolute atomic E-state index is 0.343. The van der Waals surface area contributed by atoms with Crippen molar-refractivity contribution >= 4 is 6.09 Å². The molecule has 3 rings (SSSR count). The van der Waals surface area contributed by atoms with E-state index in [9.17, 15) is 9.18 Å². The Morgan fingerprint density at radius 2 is 1.88 bits per heavy atom. The van der Waals surface area contributed by atoms with Gasteiger partial charge < -0.3 is 14.6 Å². The first-order chi connectivity index (χ1) is 11.6. The Morgan fingerprint density at radius 3 is 2.50 bits per heavy atom. The molecule has 5 nitrogen and oxygen atoms in total. The summed E-state index contributed by atoms with van der Waals surface area (Å²) in [6, 6.07) is 14.1. The zero-order valence-corrected chi connectivity index (χ0v) is 13.0. The second-order valence-electron chi connectivity index (χ2n) is 5.23. The summed E-state index contributed by atoms with van der Waals surface area (Å²) >= 11 is 0. The predicted molar refractivity (Wildman–Crippen MR) is 87.1 cm³/mol. The molecule has 0 bridgehead atoms. The van der Waals surface area contributed by atoms with Crippen molar-refractivity contribution < 1.29 is 13.9 Å². The summed E-state index contributed by atoms with van der Waals surface area (Å²) in [5.41, 5.74) is 0.704. The number of ether oxygens (including phenoxy) is 1. The van der Waals surface area contributed by atoms with Crippen LogP contribution in [0.3, 0.4) is 0 Å². The number of benzene rings is 2. The molecule has 0 spiro atoms. The Labute approximate surface area is 138 Å². The van der Waals surface area contributed by atoms with Gasteiger partial charge in [-0.15, -0.1) is 0 Å². The molecule has 0 saturated carbocycles. The smallest absolute Gasteiger partial charge is 0.410 e. The molecule has 2 aromatic carbocycles. The van der Waals surface area contributed by atoms with Crippen molar-refractivity contribution in [1.82, 2.24) is 14.9 Å². The SMILES string of the molecule is Cn1ccnc1C(NC(=O)Oc1ccccc1)c1ccc(F)cc1. The molecule has 0 radical (unpaired) electrons. The maximum Gasteiger partial charge on any atom is 0.413 e. The van der Waals surface area contributed by atoms with Crippen LogP contribution in [0, 0.1) is 5.82 Å². The van der Waals surface area contributed by atoms with Gasteiger partial charge in [0.25, 0.3) is 0 Å². The lowest BCUT2D eigenvalue weighted by Crippen LogP contribution is -2.33. The Hall–Kier alpha value is -3.15. The monoisotopic (exact) mass is 325 g/mol. The van der Waals surface area contributed by atoms with Crippen LogP contribution in [0.1, 0.15) is 17.4 Å². The van der Waals surface area contributed by atoms with Gasteiger partial charge in [0.15, 0.2) is 0 Å². The van der Waals surface area contributed by atoms with Gasteiger partial charge in [-0.3, -0.25) is 0 Å². The molecule has 1 atom stereocenters. The summed E-state index contributed by atoms with van der Waals surface area (Å²) in [4.78, 5) is 16.5. The van der Waals surface area contributed by atoms with Gasteiger partial charge in [-0.05, 0) is 29.8 Å². The normalized spacial score (nSPS) is 11.8. The van der Waals surface area contributed by atoms with Crippen LogP contribution in [0.25, 0.3) is 0 Å². The van der Waals surface area contributed by atoms with Gasteiger partial charge in [-0.25, -0.2) is 14.2 Å². The van der Waals surface area contributed by atoms with Crippen molar-refractivity contribution in [1.29, 1.82) is 0 Å². The van der Waals surface area contributed by atoms with E-state index in [1.807, 2.05) is 13.1 Å². The number of halogens is 1. The number of hydrogen-bond donors (Lipinski definition) is 1. The zero-order chi connectivity index (χ0) is 16.9. The summed E-state index contributed by atoms with van der Waals surface area (Å²) in [5, 5.41) is 2.78. The Bertz CT molecular complexity index is 816. The lowest BCUT2D eigenvalue weighted by atomic mass is 10.1. The minimum atomic E-state index is -0.612. The second kappa shape index (κ2) is 6.95. The Balaban J connectivity index is 1.84. The number of aromatic nitrogens is 2. The quantitative estimate of drug-likeness (QED) is 0.799. The Morgan fingerprint density at radius 1 is 1.17 bits per heavy atom. The van der Waals surface area contributed by atoms with Crippen LogP contribution in [-0.4, -0.2) is 15.6 Å². The Kier molecular flexibility index (Phi) is 4.56. The molecule has 3 aromatic rings. The first-order valence-electron chi connectivity index (χ1n) is 7.39. The highest BCUT2D eigenvalue weighted by atomic mass is 19.1. The molecule has 0 saturated heterocycles. The summed E-state index contributed by atoms with van der Waals surface area (Å²) in [6.07, 6.45) is 2.80. The van der Waals surface area contributed by atoms with E-state index in [1.54, 1.807) is 53.4 Å². The number of amides is 1. The van der Waals surface area contributed by atoms with Crippen molar-refractivity contribution in [3.8, 4) is 5.75 Å². The third-order valence-corrected chi connectivity index (χ3v) is 3.54. The second-order valence-corrected chi connectivity index (χ2v) is 5.23. The number of carbonyl (C=O) groups is 1. The first kappa shape index (κ1) is 15.7. The summed E-state index contributed by atoms with van der Waals surface area (Å²) in [5.74, 6) is 0.712. The van der Waals surface area contributed by atoms with Crippen LogP contribution in [0.2, 0.25) is 0 Å². The highest BCUT2D eigenvalue weighted by Gasteiger charge is 2.21. The number of hydrogen-bond acceptors (Lipinski definition) is 3. The standard InChI is InChI=1S/C18H16FN3O2/c1-22-12-11-20-17(22)16(13-7-9-14(19)10-8-13)21-18(23)24-15-5-3-2-4-6-15/h2-12,16H,1H3,(H,21,23). The topological polar surface area (TPSA) is 56.2 Å². The van der Waals surface area contributed by atoms with Crippen molar-refractivity contribution in [2.45, 2.75) is 6.04 Å². The van der Waals surface area contributed by atoms with Gasteiger partial charge in [0.1, 0.15) is 23.4 Å². The van der Waals surface area contributed by atoms with E-state index in [2.05, 4.69) is 10.3 Å². The number of imidazole rings is 1. The molecule has 1 heterocycles. The van der Waals surface area contributed by atoms with Crippen LogP contribution < -0.4 is 10.1 Å². The van der Waals surface area contributed by atoms with E-state index in [0.29, 0.717) is 17.1 Å². The van der Waals surface area contributed by atoms with Crippen LogP contribution in [-0.2, 0) is 7.05 Å². The zero-order valence-electron chi connectivity index (χ0n) is 13.0. The van der Waals surface area contributed by atoms with E-state index in [1.165, 1.54) is 12.1 Å². The highest BCUT2D eigenvalue weighted by Crippen LogP contribution is 2.21. The highest BCUT2D eigenvalue weighted by molar-refractivity contribution is 5.71. The molecule has 1 aromatic heterocycles. The molecule has 0 aliphatic rings. The van der Waals surface area contributed by atoms with E-state index in [0.717, 1.165) is 0 Å². The largest absolute Gasteiger partial charge is 0.413 e. The van der Waals surface area contributed by atoms with Crippen LogP contribution >= 0.6 is 0 Å². The van der Waals surface area contributed by atoms with Crippen molar-refractivity contribution in [2.75, 3.05) is 0 Å². The van der Waals surface area contributed by atoms with Gasteiger partial charge in [0.2, 0.25) is 0 Å². The molecule has 0 fully saturated rings. The molecule has 0 aliphatic heterocycles. The summed E-state index contributed by atoms with van der Waals surface area (Å²) in [7, 11) is 1.82. The third kappa shape index (κ3) is 3.60. The molecule has 1 N–H and O–H groups in total. The molecule has 1 amide bonds. The van der Waals surface area contributed by atoms with Crippen LogP contribution in [0.5, 0.6) is 5.75 Å². The van der Waals surface area contributed by atoms with Crippen molar-refractivity contribution in [3.05, 3.63) is 84.2 Å². The minimum Gasteiger partial charge on any atom is -0.410 e. The average Bonchev–Trinajstić information content (AvgIpc) is 3.00. The van der Waals surface area contributed by atoms with Gasteiger partial charge in [-0.1, -0.05) is 30.3 Å². The molecule has 24 heavy (non-hydrogen) atoms. The number of aryl methyl sites for hydroxylation is 1. The summed E-state index contributed by atoms with van der Waals surface area (Å²) < 4.78 is 20.2. The molecular weight excluding hydrogens is 309 g/mol. The third-order valence-electron chi connectivity index (χ3n) is 3.54. The van der Waals surface area contributed by atoms with Crippen LogP contribution in [0.15, 0.2) is 67.0 Å². The fourth-order valence-electron chi connectivity index (χ4n) is 2.35. The number of nitrogens with one attached hydrogen (secondary N) is 1. The van der Waals surface area contributed by atoms with Crippen molar-refractivity contribution in [2.24, 2.45) is 7.05 Å². The fourth-order valence-corrected chi connectivity index (χ4v) is 2.35. The molecule has 122 valence electrons. The molecular formula is C18H16FN3O2. The van der Waals surface area contributed by atoms with Gasteiger partial charge in [0.05, 0.1) is 0 Å². The average molecular weight is 325 g/mol. The molecule has 0 aliphatic carbocycles. The van der Waals surface area contributed by atoms with E-state index < -0.39 is 12.1 Å². The van der Waals surface area contributed by atoms with Crippen LogP contribution in [0.4, 0.5) is 9.18 Å². The van der Waals surface area contributed by atoms with E-state index in [4.69, 9.17) is 4.74 Å². The number of nitrogens with zero attached hydrogens (tertiary/aromatic N) is 2. The maximum absolute atomic E-state index is 13.2. The summed E-state index contributed by atoms with van der Waals surface area (Å²) in [6.45, 7) is 0. The van der Waals surface area contributed by atoms with Crippen molar-refractivity contribution in [3.63, 3.8) is 0 Å².